The van der Waals surface area contributed by atoms with Gasteiger partial charge in [-0.05, 0) is 54.4 Å². The molecule has 0 unspecified atom stereocenters. The second-order valence-electron chi connectivity index (χ2n) is 8.00. The van der Waals surface area contributed by atoms with Crippen LogP contribution < -0.4 is 10.1 Å². The number of aromatic nitrogens is 4. The number of nitrogens with zero attached hydrogens (tertiary/aromatic N) is 4. The molecule has 182 valence electrons. The first-order valence-corrected chi connectivity index (χ1v) is 11.0. The van der Waals surface area contributed by atoms with E-state index >= 15 is 0 Å². The van der Waals surface area contributed by atoms with E-state index < -0.39 is 6.36 Å². The van der Waals surface area contributed by atoms with Gasteiger partial charge in [0.2, 0.25) is 0 Å². The maximum atomic E-state index is 12.5. The molecular weight excluding hydrogens is 483 g/mol. The molecule has 4 rings (SSSR count). The van der Waals surface area contributed by atoms with E-state index in [1.165, 1.54) is 24.3 Å². The fourth-order valence-electron chi connectivity index (χ4n) is 3.18. The summed E-state index contributed by atoms with van der Waals surface area (Å²) < 4.78 is 47.0. The summed E-state index contributed by atoms with van der Waals surface area (Å²) in [7, 11) is 0. The maximum absolute atomic E-state index is 12.5. The Bertz CT molecular complexity index is 1320. The fourth-order valence-corrected chi connectivity index (χ4v) is 3.40. The topological polar surface area (TPSA) is 82.0 Å². The molecule has 3 heterocycles. The van der Waals surface area contributed by atoms with Crippen molar-refractivity contribution in [2.24, 2.45) is 5.92 Å². The van der Waals surface area contributed by atoms with Crippen molar-refractivity contribution in [3.05, 3.63) is 65.6 Å². The number of hydrogen-bond acceptors (Lipinski definition) is 7. The van der Waals surface area contributed by atoms with Crippen molar-refractivity contribution in [1.82, 2.24) is 19.9 Å². The van der Waals surface area contributed by atoms with Crippen molar-refractivity contribution >= 4 is 34.1 Å². The third kappa shape index (κ3) is 6.55. The van der Waals surface area contributed by atoms with Crippen molar-refractivity contribution in [2.45, 2.75) is 26.8 Å². The summed E-state index contributed by atoms with van der Waals surface area (Å²) >= 11 is 6.28. The highest BCUT2D eigenvalue weighted by atomic mass is 35.5. The minimum Gasteiger partial charge on any atom is -0.406 e. The van der Waals surface area contributed by atoms with Crippen LogP contribution in [-0.2, 0) is 11.3 Å². The predicted molar refractivity (Wildman–Crippen MR) is 126 cm³/mol. The lowest BCUT2D eigenvalue weighted by molar-refractivity contribution is -0.274. The minimum absolute atomic E-state index is 0.164. The molecule has 7 nitrogen and oxygen atoms in total. The van der Waals surface area contributed by atoms with Gasteiger partial charge >= 0.3 is 6.36 Å². The van der Waals surface area contributed by atoms with Gasteiger partial charge in [0, 0.05) is 18.5 Å². The van der Waals surface area contributed by atoms with Gasteiger partial charge in [0.1, 0.15) is 23.9 Å². The van der Waals surface area contributed by atoms with Gasteiger partial charge in [0.05, 0.1) is 16.1 Å². The Hall–Kier alpha value is -3.50. The fraction of sp³-hybridized carbons (Fsp3) is 0.250. The number of halogens is 4. The molecular formula is C24H21ClF3N5O2. The molecule has 3 aromatic heterocycles. The summed E-state index contributed by atoms with van der Waals surface area (Å²) in [6.07, 6.45) is -3.14. The average Bonchev–Trinajstić information content (AvgIpc) is 2.79. The molecule has 0 amide bonds. The van der Waals surface area contributed by atoms with Crippen LogP contribution in [0, 0.1) is 5.92 Å². The van der Waals surface area contributed by atoms with Gasteiger partial charge < -0.3 is 14.8 Å². The molecule has 0 aliphatic rings. The van der Waals surface area contributed by atoms with Crippen molar-refractivity contribution in [2.75, 3.05) is 11.9 Å². The molecule has 0 aliphatic carbocycles. The lowest BCUT2D eigenvalue weighted by Crippen LogP contribution is -2.17. The van der Waals surface area contributed by atoms with Crippen LogP contribution in [0.4, 0.5) is 24.7 Å². The Labute approximate surface area is 204 Å². The SMILES string of the molecule is CC(C)COCc1nc(Nc2ccc(OC(F)(F)F)cc2)c2ccc(-c3ncccc3Cl)nc2n1. The average molecular weight is 504 g/mol. The molecule has 0 saturated carbocycles. The first-order valence-electron chi connectivity index (χ1n) is 10.7. The van der Waals surface area contributed by atoms with Gasteiger partial charge in [-0.15, -0.1) is 13.2 Å². The quantitative estimate of drug-likeness (QED) is 0.292. The van der Waals surface area contributed by atoms with E-state index in [1.807, 2.05) is 13.8 Å². The van der Waals surface area contributed by atoms with Crippen LogP contribution in [0.3, 0.4) is 0 Å². The molecule has 4 aromatic rings. The van der Waals surface area contributed by atoms with Crippen LogP contribution in [-0.4, -0.2) is 32.9 Å². The van der Waals surface area contributed by atoms with E-state index in [0.29, 0.717) is 57.3 Å². The molecule has 1 aromatic carbocycles. The molecule has 0 atom stereocenters. The zero-order valence-electron chi connectivity index (χ0n) is 18.8. The number of benzene rings is 1. The molecule has 0 fully saturated rings. The molecule has 11 heteroatoms. The van der Waals surface area contributed by atoms with E-state index in [1.54, 1.807) is 30.5 Å². The Morgan fingerprint density at radius 3 is 2.46 bits per heavy atom. The number of rotatable bonds is 8. The zero-order valence-corrected chi connectivity index (χ0v) is 19.6. The molecule has 1 N–H and O–H groups in total. The Kier molecular flexibility index (Phi) is 7.32. The van der Waals surface area contributed by atoms with Gasteiger partial charge in [0.25, 0.3) is 0 Å². The van der Waals surface area contributed by atoms with Gasteiger partial charge in [0.15, 0.2) is 11.5 Å². The van der Waals surface area contributed by atoms with Crippen LogP contribution in [0.25, 0.3) is 22.4 Å². The van der Waals surface area contributed by atoms with E-state index in [2.05, 4.69) is 30.0 Å². The molecule has 0 spiro atoms. The third-order valence-corrected chi connectivity index (χ3v) is 4.95. The van der Waals surface area contributed by atoms with Gasteiger partial charge in [-0.3, -0.25) is 4.98 Å². The lowest BCUT2D eigenvalue weighted by atomic mass is 10.2. The summed E-state index contributed by atoms with van der Waals surface area (Å²) in [6.45, 7) is 4.76. The van der Waals surface area contributed by atoms with Gasteiger partial charge in [-0.25, -0.2) is 15.0 Å². The Morgan fingerprint density at radius 2 is 1.77 bits per heavy atom. The Morgan fingerprint density at radius 1 is 1.00 bits per heavy atom. The molecule has 0 saturated heterocycles. The normalized spacial score (nSPS) is 11.7. The third-order valence-electron chi connectivity index (χ3n) is 4.64. The summed E-state index contributed by atoms with van der Waals surface area (Å²) in [5.74, 6) is 0.835. The minimum atomic E-state index is -4.76. The number of ether oxygens (including phenoxy) is 2. The monoisotopic (exact) mass is 503 g/mol. The van der Waals surface area contributed by atoms with E-state index in [0.717, 1.165) is 0 Å². The summed E-state index contributed by atoms with van der Waals surface area (Å²) in [6, 6.07) is 12.3. The van der Waals surface area contributed by atoms with Crippen LogP contribution in [0.15, 0.2) is 54.7 Å². The number of hydrogen-bond donors (Lipinski definition) is 1. The highest BCUT2D eigenvalue weighted by molar-refractivity contribution is 6.32. The van der Waals surface area contributed by atoms with Crippen molar-refractivity contribution in [3.63, 3.8) is 0 Å². The lowest BCUT2D eigenvalue weighted by Gasteiger charge is -2.13. The van der Waals surface area contributed by atoms with Crippen molar-refractivity contribution in [3.8, 4) is 17.1 Å². The summed E-state index contributed by atoms with van der Waals surface area (Å²) in [5.41, 5.74) is 1.95. The highest BCUT2D eigenvalue weighted by Crippen LogP contribution is 2.30. The van der Waals surface area contributed by atoms with Gasteiger partial charge in [-0.2, -0.15) is 0 Å². The number of nitrogens with one attached hydrogen (secondary N) is 1. The van der Waals surface area contributed by atoms with E-state index in [-0.39, 0.29) is 12.4 Å². The van der Waals surface area contributed by atoms with Crippen LogP contribution in [0.5, 0.6) is 5.75 Å². The van der Waals surface area contributed by atoms with Gasteiger partial charge in [-0.1, -0.05) is 25.4 Å². The number of anilines is 2. The first-order chi connectivity index (χ1) is 16.7. The summed E-state index contributed by atoms with van der Waals surface area (Å²) in [4.78, 5) is 18.0. The van der Waals surface area contributed by atoms with E-state index in [9.17, 15) is 13.2 Å². The molecule has 0 aliphatic heterocycles. The predicted octanol–water partition coefficient (Wildman–Crippen LogP) is 6.56. The number of alkyl halides is 3. The van der Waals surface area contributed by atoms with E-state index in [4.69, 9.17) is 16.3 Å². The standard InChI is InChI=1S/C24H21ClF3N5O2/c1-14(2)12-34-13-20-32-22(30-15-5-7-16(8-6-15)35-24(26,27)28)17-9-10-19(31-23(17)33-20)21-18(25)4-3-11-29-21/h3-11,14H,12-13H2,1-2H3,(H,30,31,32,33). The number of fused-ring (bicyclic) bond motifs is 1. The summed E-state index contributed by atoms with van der Waals surface area (Å²) in [5, 5.41) is 4.18. The van der Waals surface area contributed by atoms with Crippen LogP contribution in [0.1, 0.15) is 19.7 Å². The molecule has 0 radical (unpaired) electrons. The molecule has 35 heavy (non-hydrogen) atoms. The molecule has 0 bridgehead atoms. The van der Waals surface area contributed by atoms with Crippen LogP contribution in [0.2, 0.25) is 5.02 Å². The smallest absolute Gasteiger partial charge is 0.406 e. The van der Waals surface area contributed by atoms with Crippen molar-refractivity contribution in [1.29, 1.82) is 0 Å². The largest absolute Gasteiger partial charge is 0.573 e. The number of pyridine rings is 2. The van der Waals surface area contributed by atoms with Crippen molar-refractivity contribution < 1.29 is 22.6 Å². The first kappa shape index (κ1) is 24.6. The zero-order chi connectivity index (χ0) is 25.0. The Balaban J connectivity index is 1.69. The highest BCUT2D eigenvalue weighted by Gasteiger charge is 2.31. The second kappa shape index (κ2) is 10.4. The second-order valence-corrected chi connectivity index (χ2v) is 8.40. The maximum Gasteiger partial charge on any atom is 0.573 e. The van der Waals surface area contributed by atoms with Crippen LogP contribution >= 0.6 is 11.6 Å².